The molecule has 0 aliphatic heterocycles. The number of anilines is 1. The number of allylic oxidation sites excluding steroid dienone is 1. The zero-order valence-corrected chi connectivity index (χ0v) is 20.6. The molecular weight excluding hydrogens is 460 g/mol. The first-order valence-corrected chi connectivity index (χ1v) is 11.6. The molecule has 1 N–H and O–H groups in total. The monoisotopic (exact) mass is 486 g/mol. The first kappa shape index (κ1) is 25.6. The van der Waals surface area contributed by atoms with Gasteiger partial charge in [-0.2, -0.15) is 5.26 Å². The second-order valence-corrected chi connectivity index (χ2v) is 8.28. The SMILES string of the molecule is C=CCc1cc(/C=C(/C#N)C(=O)Nc2cccc(C)c2)cc(OCC)c1OCc1ccc(Cl)cc1. The average molecular weight is 487 g/mol. The second-order valence-electron chi connectivity index (χ2n) is 7.84. The van der Waals surface area contributed by atoms with Gasteiger partial charge in [-0.25, -0.2) is 0 Å². The lowest BCUT2D eigenvalue weighted by Gasteiger charge is -2.17. The van der Waals surface area contributed by atoms with Crippen LogP contribution in [0, 0.1) is 18.3 Å². The van der Waals surface area contributed by atoms with Gasteiger partial charge < -0.3 is 14.8 Å². The summed E-state index contributed by atoms with van der Waals surface area (Å²) < 4.78 is 12.0. The molecule has 0 saturated heterocycles. The Balaban J connectivity index is 1.92. The normalized spacial score (nSPS) is 10.9. The number of nitriles is 1. The number of aryl methyl sites for hydroxylation is 1. The average Bonchev–Trinajstić information content (AvgIpc) is 2.83. The minimum absolute atomic E-state index is 0.0201. The lowest BCUT2D eigenvalue weighted by atomic mass is 10.0. The van der Waals surface area contributed by atoms with Crippen molar-refractivity contribution in [3.05, 3.63) is 106 Å². The summed E-state index contributed by atoms with van der Waals surface area (Å²) in [4.78, 5) is 12.7. The molecule has 6 heteroatoms. The third-order valence-electron chi connectivity index (χ3n) is 5.07. The van der Waals surface area contributed by atoms with Crippen molar-refractivity contribution in [1.82, 2.24) is 0 Å². The van der Waals surface area contributed by atoms with Gasteiger partial charge in [-0.15, -0.1) is 6.58 Å². The summed E-state index contributed by atoms with van der Waals surface area (Å²) >= 11 is 5.98. The van der Waals surface area contributed by atoms with Crippen molar-refractivity contribution in [3.63, 3.8) is 0 Å². The van der Waals surface area contributed by atoms with E-state index in [4.69, 9.17) is 21.1 Å². The summed E-state index contributed by atoms with van der Waals surface area (Å²) in [6, 6.07) is 20.5. The van der Waals surface area contributed by atoms with Crippen LogP contribution in [0.2, 0.25) is 5.02 Å². The molecule has 0 bridgehead atoms. The molecule has 178 valence electrons. The summed E-state index contributed by atoms with van der Waals surface area (Å²) in [6.45, 7) is 8.42. The Morgan fingerprint density at radius 1 is 1.14 bits per heavy atom. The number of nitrogens with one attached hydrogen (secondary N) is 1. The Morgan fingerprint density at radius 2 is 1.91 bits per heavy atom. The predicted octanol–water partition coefficient (Wildman–Crippen LogP) is 6.90. The van der Waals surface area contributed by atoms with Crippen molar-refractivity contribution < 1.29 is 14.3 Å². The lowest BCUT2D eigenvalue weighted by molar-refractivity contribution is -0.112. The summed E-state index contributed by atoms with van der Waals surface area (Å²) in [5.74, 6) is 0.648. The van der Waals surface area contributed by atoms with E-state index in [-0.39, 0.29) is 5.57 Å². The second kappa shape index (κ2) is 12.5. The third kappa shape index (κ3) is 7.23. The lowest BCUT2D eigenvalue weighted by Crippen LogP contribution is -2.13. The van der Waals surface area contributed by atoms with E-state index in [0.29, 0.717) is 47.4 Å². The topological polar surface area (TPSA) is 71.4 Å². The van der Waals surface area contributed by atoms with Gasteiger partial charge in [0.05, 0.1) is 6.61 Å². The van der Waals surface area contributed by atoms with E-state index in [1.54, 1.807) is 24.3 Å². The molecule has 35 heavy (non-hydrogen) atoms. The Kier molecular flexibility index (Phi) is 9.11. The molecule has 3 aromatic carbocycles. The number of carbonyl (C=O) groups is 1. The molecule has 0 radical (unpaired) electrons. The van der Waals surface area contributed by atoms with Gasteiger partial charge >= 0.3 is 0 Å². The molecule has 0 spiro atoms. The standard InChI is InChI=1S/C29H27ClN2O3/c1-4-7-23-15-22(16-24(18-31)29(33)32-26-9-6-8-20(3)14-26)17-27(34-5-2)28(23)35-19-21-10-12-25(30)13-11-21/h4,6,8-17H,1,5,7,19H2,2-3H3,(H,32,33)/b24-16-. The van der Waals surface area contributed by atoms with Crippen LogP contribution in [0.4, 0.5) is 5.69 Å². The van der Waals surface area contributed by atoms with Crippen molar-refractivity contribution in [1.29, 1.82) is 5.26 Å². The number of carbonyl (C=O) groups excluding carboxylic acids is 1. The van der Waals surface area contributed by atoms with Crippen LogP contribution >= 0.6 is 11.6 Å². The van der Waals surface area contributed by atoms with E-state index in [9.17, 15) is 10.1 Å². The van der Waals surface area contributed by atoms with E-state index < -0.39 is 5.91 Å². The highest BCUT2D eigenvalue weighted by Crippen LogP contribution is 2.35. The zero-order chi connectivity index (χ0) is 25.2. The summed E-state index contributed by atoms with van der Waals surface area (Å²) in [7, 11) is 0. The first-order valence-electron chi connectivity index (χ1n) is 11.2. The van der Waals surface area contributed by atoms with E-state index in [1.165, 1.54) is 0 Å². The quantitative estimate of drug-likeness (QED) is 0.192. The summed E-state index contributed by atoms with van der Waals surface area (Å²) in [5, 5.41) is 13.1. The minimum atomic E-state index is -0.482. The summed E-state index contributed by atoms with van der Waals surface area (Å²) in [5.41, 5.74) is 4.07. The van der Waals surface area contributed by atoms with Crippen LogP contribution in [0.5, 0.6) is 11.5 Å². The third-order valence-corrected chi connectivity index (χ3v) is 5.32. The van der Waals surface area contributed by atoms with Gasteiger partial charge in [0, 0.05) is 16.3 Å². The minimum Gasteiger partial charge on any atom is -0.490 e. The molecule has 0 aliphatic rings. The van der Waals surface area contributed by atoms with E-state index in [1.807, 2.05) is 68.4 Å². The van der Waals surface area contributed by atoms with Crippen LogP contribution in [0.25, 0.3) is 6.08 Å². The number of nitrogens with zero attached hydrogens (tertiary/aromatic N) is 1. The molecule has 0 heterocycles. The maximum atomic E-state index is 12.7. The van der Waals surface area contributed by atoms with E-state index in [0.717, 1.165) is 16.7 Å². The number of hydrogen-bond acceptors (Lipinski definition) is 4. The van der Waals surface area contributed by atoms with Crippen LogP contribution in [0.1, 0.15) is 29.2 Å². The van der Waals surface area contributed by atoms with Crippen molar-refractivity contribution in [3.8, 4) is 17.6 Å². The zero-order valence-electron chi connectivity index (χ0n) is 19.8. The number of ether oxygens (including phenoxy) is 2. The molecule has 0 atom stereocenters. The van der Waals surface area contributed by atoms with Crippen LogP contribution < -0.4 is 14.8 Å². The molecule has 0 saturated carbocycles. The molecule has 1 amide bonds. The molecule has 3 rings (SSSR count). The van der Waals surface area contributed by atoms with Gasteiger partial charge in [0.25, 0.3) is 5.91 Å². The van der Waals surface area contributed by atoms with E-state index in [2.05, 4.69) is 11.9 Å². The van der Waals surface area contributed by atoms with Crippen LogP contribution in [0.3, 0.4) is 0 Å². The highest BCUT2D eigenvalue weighted by atomic mass is 35.5. The number of hydrogen-bond donors (Lipinski definition) is 1. The number of halogens is 1. The van der Waals surface area contributed by atoms with Crippen molar-refractivity contribution in [2.24, 2.45) is 0 Å². The Bertz CT molecular complexity index is 1270. The Hall–Kier alpha value is -4.01. The fraction of sp³-hybridized carbons (Fsp3) is 0.172. The van der Waals surface area contributed by atoms with Crippen molar-refractivity contribution in [2.75, 3.05) is 11.9 Å². The predicted molar refractivity (Wildman–Crippen MR) is 141 cm³/mol. The van der Waals surface area contributed by atoms with Gasteiger partial charge in [-0.3, -0.25) is 4.79 Å². The highest BCUT2D eigenvalue weighted by molar-refractivity contribution is 6.30. The van der Waals surface area contributed by atoms with Gasteiger partial charge in [-0.05, 0) is 79.4 Å². The van der Waals surface area contributed by atoms with E-state index >= 15 is 0 Å². The fourth-order valence-electron chi connectivity index (χ4n) is 3.47. The van der Waals surface area contributed by atoms with Crippen LogP contribution in [0.15, 0.2) is 78.9 Å². The van der Waals surface area contributed by atoms with Gasteiger partial charge in [-0.1, -0.05) is 41.9 Å². The van der Waals surface area contributed by atoms with Crippen LogP contribution in [-0.2, 0) is 17.8 Å². The summed E-state index contributed by atoms with van der Waals surface area (Å²) in [6.07, 6.45) is 3.83. The maximum absolute atomic E-state index is 12.7. The van der Waals surface area contributed by atoms with Crippen molar-refractivity contribution >= 4 is 29.3 Å². The molecule has 0 unspecified atom stereocenters. The largest absolute Gasteiger partial charge is 0.490 e. The number of rotatable bonds is 10. The Labute approximate surface area is 211 Å². The molecular formula is C29H27ClN2O3. The van der Waals surface area contributed by atoms with Gasteiger partial charge in [0.15, 0.2) is 11.5 Å². The molecule has 5 nitrogen and oxygen atoms in total. The highest BCUT2D eigenvalue weighted by Gasteiger charge is 2.15. The molecule has 0 fully saturated rings. The maximum Gasteiger partial charge on any atom is 0.266 e. The fourth-order valence-corrected chi connectivity index (χ4v) is 3.60. The Morgan fingerprint density at radius 3 is 2.57 bits per heavy atom. The van der Waals surface area contributed by atoms with Crippen molar-refractivity contribution in [2.45, 2.75) is 26.9 Å². The first-order chi connectivity index (χ1) is 16.9. The van der Waals surface area contributed by atoms with Gasteiger partial charge in [0.1, 0.15) is 18.2 Å². The number of amides is 1. The van der Waals surface area contributed by atoms with Crippen LogP contribution in [-0.4, -0.2) is 12.5 Å². The molecule has 0 aromatic heterocycles. The molecule has 0 aliphatic carbocycles. The molecule has 3 aromatic rings. The van der Waals surface area contributed by atoms with Gasteiger partial charge in [0.2, 0.25) is 0 Å². The number of benzene rings is 3. The smallest absolute Gasteiger partial charge is 0.266 e.